The summed E-state index contributed by atoms with van der Waals surface area (Å²) in [7, 11) is 0. The van der Waals surface area contributed by atoms with Gasteiger partial charge in [0.1, 0.15) is 0 Å². The van der Waals surface area contributed by atoms with E-state index in [-0.39, 0.29) is 0 Å². The normalized spacial score (nSPS) is 15.4. The average molecular weight is 295 g/mol. The third kappa shape index (κ3) is 3.85. The van der Waals surface area contributed by atoms with Crippen LogP contribution in [0, 0.1) is 0 Å². The maximum absolute atomic E-state index is 12.5. The molecule has 1 aromatic heterocycles. The van der Waals surface area contributed by atoms with Crippen LogP contribution in [0.1, 0.15) is 29.7 Å². The third-order valence-corrected chi connectivity index (χ3v) is 3.44. The standard InChI is InChI=1S/C15H16F3N3/c16-15(17,18)14-6-7-21(20-14)10-12-3-1-2-11(8-12)9-19-13-4-5-13/h1-3,6-8,13,19H,4-5,9-10H2. The highest BCUT2D eigenvalue weighted by atomic mass is 19.4. The molecule has 0 unspecified atom stereocenters. The van der Waals surface area contributed by atoms with Crippen LogP contribution in [0.25, 0.3) is 0 Å². The molecule has 21 heavy (non-hydrogen) atoms. The Kier molecular flexibility index (Phi) is 3.71. The van der Waals surface area contributed by atoms with Crippen molar-refractivity contribution in [2.75, 3.05) is 0 Å². The molecule has 0 aliphatic heterocycles. The van der Waals surface area contributed by atoms with E-state index in [1.54, 1.807) is 0 Å². The quantitative estimate of drug-likeness (QED) is 0.918. The van der Waals surface area contributed by atoms with Gasteiger partial charge in [-0.2, -0.15) is 18.3 Å². The van der Waals surface area contributed by atoms with Gasteiger partial charge < -0.3 is 5.32 Å². The van der Waals surface area contributed by atoms with Gasteiger partial charge in [0.15, 0.2) is 5.69 Å². The second kappa shape index (κ2) is 5.52. The van der Waals surface area contributed by atoms with Crippen molar-refractivity contribution in [1.82, 2.24) is 15.1 Å². The summed E-state index contributed by atoms with van der Waals surface area (Å²) in [5.74, 6) is 0. The van der Waals surface area contributed by atoms with Crippen LogP contribution in [-0.2, 0) is 19.3 Å². The van der Waals surface area contributed by atoms with Gasteiger partial charge in [-0.1, -0.05) is 24.3 Å². The Bertz CT molecular complexity index is 615. The van der Waals surface area contributed by atoms with E-state index in [4.69, 9.17) is 0 Å². The molecule has 1 aliphatic rings. The van der Waals surface area contributed by atoms with Crippen LogP contribution in [0.5, 0.6) is 0 Å². The van der Waals surface area contributed by atoms with Crippen molar-refractivity contribution in [2.24, 2.45) is 0 Å². The van der Waals surface area contributed by atoms with Crippen LogP contribution in [-0.4, -0.2) is 15.8 Å². The fraction of sp³-hybridized carbons (Fsp3) is 0.400. The summed E-state index contributed by atoms with van der Waals surface area (Å²) in [6, 6.07) is 9.48. The van der Waals surface area contributed by atoms with Crippen LogP contribution < -0.4 is 5.32 Å². The molecule has 6 heteroatoms. The highest BCUT2D eigenvalue weighted by molar-refractivity contribution is 5.24. The Labute approximate surface area is 120 Å². The van der Waals surface area contributed by atoms with E-state index in [0.29, 0.717) is 12.6 Å². The molecule has 3 rings (SSSR count). The maximum Gasteiger partial charge on any atom is 0.435 e. The Hall–Kier alpha value is -1.82. The molecule has 0 saturated heterocycles. The van der Waals surface area contributed by atoms with Crippen molar-refractivity contribution in [1.29, 1.82) is 0 Å². The number of alkyl halides is 3. The first-order valence-corrected chi connectivity index (χ1v) is 6.92. The minimum atomic E-state index is -4.39. The molecule has 1 heterocycles. The molecule has 1 aliphatic carbocycles. The zero-order chi connectivity index (χ0) is 14.9. The molecule has 0 bridgehead atoms. The molecule has 0 atom stereocenters. The zero-order valence-corrected chi connectivity index (χ0v) is 11.4. The molecule has 1 fully saturated rings. The lowest BCUT2D eigenvalue weighted by atomic mass is 10.1. The van der Waals surface area contributed by atoms with Gasteiger partial charge >= 0.3 is 6.18 Å². The van der Waals surface area contributed by atoms with Crippen LogP contribution in [0.3, 0.4) is 0 Å². The number of hydrogen-bond acceptors (Lipinski definition) is 2. The van der Waals surface area contributed by atoms with Crippen molar-refractivity contribution < 1.29 is 13.2 Å². The minimum absolute atomic E-state index is 0.341. The van der Waals surface area contributed by atoms with E-state index in [0.717, 1.165) is 23.7 Å². The van der Waals surface area contributed by atoms with Crippen LogP contribution in [0.15, 0.2) is 36.5 Å². The summed E-state index contributed by atoms with van der Waals surface area (Å²) in [5.41, 5.74) is 1.23. The zero-order valence-electron chi connectivity index (χ0n) is 11.4. The van der Waals surface area contributed by atoms with Crippen molar-refractivity contribution in [3.8, 4) is 0 Å². The number of benzene rings is 1. The molecule has 0 radical (unpaired) electrons. The molecular weight excluding hydrogens is 279 g/mol. The Morgan fingerprint density at radius 3 is 2.62 bits per heavy atom. The predicted octanol–water partition coefficient (Wildman–Crippen LogP) is 3.20. The summed E-state index contributed by atoms with van der Waals surface area (Å²) in [6.07, 6.45) is -0.570. The van der Waals surface area contributed by atoms with Crippen LogP contribution in [0.2, 0.25) is 0 Å². The topological polar surface area (TPSA) is 29.9 Å². The van der Waals surface area contributed by atoms with Gasteiger partial charge in [-0.3, -0.25) is 4.68 Å². The summed E-state index contributed by atoms with van der Waals surface area (Å²) < 4.78 is 38.8. The second-order valence-electron chi connectivity index (χ2n) is 5.37. The predicted molar refractivity (Wildman–Crippen MR) is 72.6 cm³/mol. The molecule has 1 aromatic carbocycles. The second-order valence-corrected chi connectivity index (χ2v) is 5.37. The monoisotopic (exact) mass is 295 g/mol. The molecular formula is C15H16F3N3. The largest absolute Gasteiger partial charge is 0.435 e. The molecule has 112 valence electrons. The molecule has 1 N–H and O–H groups in total. The van der Waals surface area contributed by atoms with Gasteiger partial charge in [0.2, 0.25) is 0 Å². The lowest BCUT2D eigenvalue weighted by molar-refractivity contribution is -0.141. The number of nitrogens with one attached hydrogen (secondary N) is 1. The highest BCUT2D eigenvalue weighted by Crippen LogP contribution is 2.27. The first kappa shape index (κ1) is 14.1. The number of halogens is 3. The van der Waals surface area contributed by atoms with Crippen LogP contribution >= 0.6 is 0 Å². The van der Waals surface area contributed by atoms with Crippen molar-refractivity contribution >= 4 is 0 Å². The minimum Gasteiger partial charge on any atom is -0.310 e. The fourth-order valence-corrected chi connectivity index (χ4v) is 2.18. The number of rotatable bonds is 5. The van der Waals surface area contributed by atoms with Gasteiger partial charge in [0.05, 0.1) is 6.54 Å². The summed E-state index contributed by atoms with van der Waals surface area (Å²) in [6.45, 7) is 1.14. The summed E-state index contributed by atoms with van der Waals surface area (Å²) in [4.78, 5) is 0. The van der Waals surface area contributed by atoms with Gasteiger partial charge in [0, 0.05) is 18.8 Å². The number of nitrogens with zero attached hydrogens (tertiary/aromatic N) is 2. The highest BCUT2D eigenvalue weighted by Gasteiger charge is 2.33. The molecule has 3 nitrogen and oxygen atoms in total. The third-order valence-electron chi connectivity index (χ3n) is 3.44. The molecule has 2 aromatic rings. The lowest BCUT2D eigenvalue weighted by Gasteiger charge is -2.07. The first-order chi connectivity index (χ1) is 10.0. The van der Waals surface area contributed by atoms with E-state index in [9.17, 15) is 13.2 Å². The van der Waals surface area contributed by atoms with E-state index < -0.39 is 11.9 Å². The number of aromatic nitrogens is 2. The van der Waals surface area contributed by atoms with Gasteiger partial charge in [0.25, 0.3) is 0 Å². The van der Waals surface area contributed by atoms with Gasteiger partial charge in [-0.25, -0.2) is 0 Å². The van der Waals surface area contributed by atoms with E-state index in [1.807, 2.05) is 24.3 Å². The summed E-state index contributed by atoms with van der Waals surface area (Å²) in [5, 5.41) is 6.98. The maximum atomic E-state index is 12.5. The van der Waals surface area contributed by atoms with Crippen molar-refractivity contribution in [3.63, 3.8) is 0 Å². The van der Waals surface area contributed by atoms with E-state index in [1.165, 1.54) is 23.7 Å². The Morgan fingerprint density at radius 2 is 1.95 bits per heavy atom. The Balaban J connectivity index is 1.66. The van der Waals surface area contributed by atoms with Crippen LogP contribution in [0.4, 0.5) is 13.2 Å². The average Bonchev–Trinajstić information content (AvgIpc) is 3.14. The van der Waals surface area contributed by atoms with Gasteiger partial charge in [-0.05, 0) is 30.0 Å². The summed E-state index contributed by atoms with van der Waals surface area (Å²) >= 11 is 0. The molecule has 1 saturated carbocycles. The van der Waals surface area contributed by atoms with Gasteiger partial charge in [-0.15, -0.1) is 0 Å². The van der Waals surface area contributed by atoms with Crippen molar-refractivity contribution in [2.45, 2.75) is 38.1 Å². The van der Waals surface area contributed by atoms with E-state index >= 15 is 0 Å². The smallest absolute Gasteiger partial charge is 0.310 e. The Morgan fingerprint density at radius 1 is 1.19 bits per heavy atom. The molecule has 0 spiro atoms. The van der Waals surface area contributed by atoms with E-state index in [2.05, 4.69) is 10.4 Å². The number of hydrogen-bond donors (Lipinski definition) is 1. The first-order valence-electron chi connectivity index (χ1n) is 6.92. The fourth-order valence-electron chi connectivity index (χ4n) is 2.18. The molecule has 0 amide bonds. The lowest BCUT2D eigenvalue weighted by Crippen LogP contribution is -2.15. The SMILES string of the molecule is FC(F)(F)c1ccn(Cc2cccc(CNC3CC3)c2)n1. The van der Waals surface area contributed by atoms with Crippen molar-refractivity contribution in [3.05, 3.63) is 53.3 Å².